The number of rotatable bonds is 3. The van der Waals surface area contributed by atoms with E-state index in [1.807, 2.05) is 6.92 Å². The number of nitrogens with one attached hydrogen (secondary N) is 1. The summed E-state index contributed by atoms with van der Waals surface area (Å²) in [5.74, 6) is 0.191. The number of nitrogens with two attached hydrogens (primary N) is 1. The Hall–Kier alpha value is -1.41. The third kappa shape index (κ3) is 2.32. The van der Waals surface area contributed by atoms with Crippen LogP contribution in [0, 0.1) is 0 Å². The van der Waals surface area contributed by atoms with E-state index in [0.29, 0.717) is 5.82 Å². The molecule has 1 amide bonds. The van der Waals surface area contributed by atoms with Crippen molar-refractivity contribution in [2.75, 3.05) is 11.4 Å². The molecule has 1 saturated heterocycles. The Labute approximate surface area is 99.0 Å². The summed E-state index contributed by atoms with van der Waals surface area (Å²) in [6, 6.07) is 1.74. The lowest BCUT2D eigenvalue weighted by atomic mass is 10.3. The zero-order valence-electron chi connectivity index (χ0n) is 9.38. The first-order valence-electron chi connectivity index (χ1n) is 5.28. The van der Waals surface area contributed by atoms with Crippen LogP contribution in [0.5, 0.6) is 0 Å². The van der Waals surface area contributed by atoms with Crippen molar-refractivity contribution in [3.05, 3.63) is 11.8 Å². The molecule has 94 valence electrons. The molecule has 0 aliphatic carbocycles. The maximum atomic E-state index is 11.7. The minimum Gasteiger partial charge on any atom is -0.294 e. The van der Waals surface area contributed by atoms with Gasteiger partial charge < -0.3 is 0 Å². The van der Waals surface area contributed by atoms with E-state index in [0.717, 1.165) is 12.1 Å². The number of hydrogen-bond donors (Lipinski definition) is 2. The molecule has 0 radical (unpaired) electrons. The van der Waals surface area contributed by atoms with Crippen LogP contribution in [0.4, 0.5) is 5.82 Å². The molecule has 1 aliphatic rings. The molecule has 2 rings (SSSR count). The predicted octanol–water partition coefficient (Wildman–Crippen LogP) is -0.634. The monoisotopic (exact) mass is 258 g/mol. The molecule has 3 N–H and O–H groups in total. The standard InChI is InChI=1S/C9H14N4O3S/c1-2-6-3-8(12-11-6)13-5-7(4-9(13)14)17(10,15)16/h3,7H,2,4-5H2,1H3,(H,11,12)(H2,10,15,16). The predicted molar refractivity (Wildman–Crippen MR) is 61.8 cm³/mol. The maximum absolute atomic E-state index is 11.7. The SMILES string of the molecule is CCc1cc(N2CC(S(N)(=O)=O)CC2=O)n[nH]1. The quantitative estimate of drug-likeness (QED) is 0.751. The van der Waals surface area contributed by atoms with Gasteiger partial charge in [0.15, 0.2) is 5.82 Å². The fourth-order valence-electron chi connectivity index (χ4n) is 1.79. The van der Waals surface area contributed by atoms with Gasteiger partial charge in [-0.2, -0.15) is 5.10 Å². The van der Waals surface area contributed by atoms with Crippen LogP contribution in [0.2, 0.25) is 0 Å². The molecule has 1 unspecified atom stereocenters. The number of carbonyl (C=O) groups excluding carboxylic acids is 1. The lowest BCUT2D eigenvalue weighted by Crippen LogP contribution is -2.32. The molecular formula is C9H14N4O3S. The van der Waals surface area contributed by atoms with Crippen LogP contribution in [0.25, 0.3) is 0 Å². The molecule has 2 heterocycles. The number of sulfonamides is 1. The zero-order chi connectivity index (χ0) is 12.6. The molecule has 1 atom stereocenters. The lowest BCUT2D eigenvalue weighted by molar-refractivity contribution is -0.117. The highest BCUT2D eigenvalue weighted by Gasteiger charge is 2.38. The minimum atomic E-state index is -3.68. The lowest BCUT2D eigenvalue weighted by Gasteiger charge is -2.12. The average Bonchev–Trinajstić information content (AvgIpc) is 2.82. The van der Waals surface area contributed by atoms with Crippen molar-refractivity contribution in [2.45, 2.75) is 25.0 Å². The van der Waals surface area contributed by atoms with Crippen LogP contribution >= 0.6 is 0 Å². The fraction of sp³-hybridized carbons (Fsp3) is 0.556. The van der Waals surface area contributed by atoms with Gasteiger partial charge in [-0.3, -0.25) is 14.8 Å². The van der Waals surface area contributed by atoms with E-state index in [4.69, 9.17) is 5.14 Å². The molecule has 8 heteroatoms. The van der Waals surface area contributed by atoms with Gasteiger partial charge in [-0.25, -0.2) is 13.6 Å². The van der Waals surface area contributed by atoms with E-state index in [-0.39, 0.29) is 18.9 Å². The molecule has 17 heavy (non-hydrogen) atoms. The summed E-state index contributed by atoms with van der Waals surface area (Å²) in [7, 11) is -3.68. The van der Waals surface area contributed by atoms with E-state index >= 15 is 0 Å². The third-order valence-electron chi connectivity index (χ3n) is 2.83. The van der Waals surface area contributed by atoms with Gasteiger partial charge in [0.25, 0.3) is 0 Å². The number of carbonyl (C=O) groups is 1. The van der Waals surface area contributed by atoms with Gasteiger partial charge in [0.05, 0.1) is 0 Å². The van der Waals surface area contributed by atoms with Crippen molar-refractivity contribution < 1.29 is 13.2 Å². The van der Waals surface area contributed by atoms with Crippen molar-refractivity contribution in [1.82, 2.24) is 10.2 Å². The van der Waals surface area contributed by atoms with Crippen LogP contribution in [-0.2, 0) is 21.2 Å². The van der Waals surface area contributed by atoms with Gasteiger partial charge in [-0.1, -0.05) is 6.92 Å². The Morgan fingerprint density at radius 1 is 1.65 bits per heavy atom. The van der Waals surface area contributed by atoms with Crippen molar-refractivity contribution >= 4 is 21.7 Å². The number of amides is 1. The Balaban J connectivity index is 2.21. The number of aryl methyl sites for hydroxylation is 1. The molecule has 1 aromatic rings. The number of aromatic amines is 1. The topological polar surface area (TPSA) is 109 Å². The number of aromatic nitrogens is 2. The van der Waals surface area contributed by atoms with Crippen molar-refractivity contribution in [3.63, 3.8) is 0 Å². The summed E-state index contributed by atoms with van der Waals surface area (Å²) in [6.07, 6.45) is 0.695. The highest BCUT2D eigenvalue weighted by atomic mass is 32.2. The number of nitrogens with zero attached hydrogens (tertiary/aromatic N) is 2. The zero-order valence-corrected chi connectivity index (χ0v) is 10.2. The van der Waals surface area contributed by atoms with E-state index in [2.05, 4.69) is 10.2 Å². The maximum Gasteiger partial charge on any atom is 0.229 e. The molecule has 0 aromatic carbocycles. The molecule has 1 aromatic heterocycles. The highest BCUT2D eigenvalue weighted by molar-refractivity contribution is 7.89. The first kappa shape index (κ1) is 12.1. The van der Waals surface area contributed by atoms with Crippen molar-refractivity contribution in [3.8, 4) is 0 Å². The number of primary sulfonamides is 1. The summed E-state index contributed by atoms with van der Waals surface area (Å²) in [5, 5.41) is 11.0. The molecule has 0 spiro atoms. The summed E-state index contributed by atoms with van der Waals surface area (Å²) < 4.78 is 22.4. The Morgan fingerprint density at radius 3 is 2.82 bits per heavy atom. The molecule has 0 saturated carbocycles. The second kappa shape index (κ2) is 4.11. The van der Waals surface area contributed by atoms with Crippen molar-refractivity contribution in [2.24, 2.45) is 5.14 Å². The van der Waals surface area contributed by atoms with E-state index < -0.39 is 15.3 Å². The molecular weight excluding hydrogens is 244 g/mol. The summed E-state index contributed by atoms with van der Waals surface area (Å²) in [6.45, 7) is 2.03. The van der Waals surface area contributed by atoms with Crippen LogP contribution < -0.4 is 10.0 Å². The van der Waals surface area contributed by atoms with Gasteiger partial charge >= 0.3 is 0 Å². The third-order valence-corrected chi connectivity index (χ3v) is 4.07. The Bertz CT molecular complexity index is 536. The number of hydrogen-bond acceptors (Lipinski definition) is 4. The smallest absolute Gasteiger partial charge is 0.229 e. The Morgan fingerprint density at radius 2 is 2.35 bits per heavy atom. The highest BCUT2D eigenvalue weighted by Crippen LogP contribution is 2.22. The van der Waals surface area contributed by atoms with Crippen LogP contribution in [0.15, 0.2) is 6.07 Å². The second-order valence-corrected chi connectivity index (χ2v) is 5.87. The fourth-order valence-corrected chi connectivity index (χ4v) is 2.52. The van der Waals surface area contributed by atoms with Gasteiger partial charge in [-0.15, -0.1) is 0 Å². The van der Waals surface area contributed by atoms with Gasteiger partial charge in [-0.05, 0) is 6.42 Å². The van der Waals surface area contributed by atoms with Gasteiger partial charge in [0.1, 0.15) is 5.25 Å². The van der Waals surface area contributed by atoms with E-state index in [1.54, 1.807) is 6.07 Å². The number of H-pyrrole nitrogens is 1. The molecule has 0 bridgehead atoms. The van der Waals surface area contributed by atoms with E-state index in [9.17, 15) is 13.2 Å². The van der Waals surface area contributed by atoms with Crippen LogP contribution in [-0.4, -0.2) is 36.3 Å². The summed E-state index contributed by atoms with van der Waals surface area (Å²) >= 11 is 0. The second-order valence-electron chi connectivity index (χ2n) is 4.02. The summed E-state index contributed by atoms with van der Waals surface area (Å²) in [5.41, 5.74) is 0.895. The van der Waals surface area contributed by atoms with Gasteiger partial charge in [0.2, 0.25) is 15.9 Å². The summed E-state index contributed by atoms with van der Waals surface area (Å²) in [4.78, 5) is 13.0. The number of anilines is 1. The molecule has 7 nitrogen and oxygen atoms in total. The molecule has 1 aliphatic heterocycles. The minimum absolute atomic E-state index is 0.0751. The van der Waals surface area contributed by atoms with Crippen LogP contribution in [0.3, 0.4) is 0 Å². The average molecular weight is 258 g/mol. The first-order chi connectivity index (χ1) is 7.91. The van der Waals surface area contributed by atoms with Crippen molar-refractivity contribution in [1.29, 1.82) is 0 Å². The first-order valence-corrected chi connectivity index (χ1v) is 6.89. The van der Waals surface area contributed by atoms with Crippen LogP contribution in [0.1, 0.15) is 19.0 Å². The largest absolute Gasteiger partial charge is 0.294 e. The van der Waals surface area contributed by atoms with E-state index in [1.165, 1.54) is 4.90 Å². The normalized spacial score (nSPS) is 21.2. The van der Waals surface area contributed by atoms with Gasteiger partial charge in [0, 0.05) is 24.7 Å². The molecule has 1 fully saturated rings. The Kier molecular flexibility index (Phi) is 2.92.